The summed E-state index contributed by atoms with van der Waals surface area (Å²) < 4.78 is 33.3. The van der Waals surface area contributed by atoms with Crippen LogP contribution in [-0.2, 0) is 15.0 Å². The fourth-order valence-corrected chi connectivity index (χ4v) is 4.51. The summed E-state index contributed by atoms with van der Waals surface area (Å²) in [7, 11) is 1.51. The molecule has 9 nitrogen and oxygen atoms in total. The number of aliphatic hydroxyl groups excluding tert-OH is 1. The van der Waals surface area contributed by atoms with Crippen molar-refractivity contribution in [3.8, 4) is 5.75 Å². The van der Waals surface area contributed by atoms with Crippen LogP contribution < -0.4 is 10.1 Å². The quantitative estimate of drug-likeness (QED) is 0.449. The van der Waals surface area contributed by atoms with Crippen LogP contribution >= 0.6 is 0 Å². The summed E-state index contributed by atoms with van der Waals surface area (Å²) in [6, 6.07) is 10.1. The van der Waals surface area contributed by atoms with Gasteiger partial charge in [-0.05, 0) is 42.7 Å². The maximum atomic E-state index is 14.1. The average molecular weight is 488 g/mol. The molecule has 1 aliphatic rings. The van der Waals surface area contributed by atoms with Crippen LogP contribution in [0.25, 0.3) is 11.0 Å². The van der Waals surface area contributed by atoms with Crippen LogP contribution in [0, 0.1) is 0 Å². The molecule has 3 N–H and O–H groups in total. The summed E-state index contributed by atoms with van der Waals surface area (Å²) in [5.41, 5.74) is 0.606. The SMILES string of the molecule is COc1ccc(C2(C(=O)N(CCO)CC(=O)Nc3ccc4[nH]ncc4n3)CCC(F)(F)CC2)cc1. The molecule has 1 saturated carbocycles. The van der Waals surface area contributed by atoms with E-state index in [1.807, 2.05) is 0 Å². The number of benzene rings is 1. The summed E-state index contributed by atoms with van der Waals surface area (Å²) in [5, 5.41) is 18.9. The number of alkyl halides is 2. The van der Waals surface area contributed by atoms with Crippen LogP contribution in [0.1, 0.15) is 31.2 Å². The molecule has 4 rings (SSSR count). The largest absolute Gasteiger partial charge is 0.497 e. The lowest BCUT2D eigenvalue weighted by molar-refractivity contribution is -0.145. The number of fused-ring (bicyclic) bond motifs is 1. The molecule has 0 saturated heterocycles. The Bertz CT molecular complexity index is 1190. The number of nitrogens with one attached hydrogen (secondary N) is 2. The molecule has 0 unspecified atom stereocenters. The minimum atomic E-state index is -2.85. The summed E-state index contributed by atoms with van der Waals surface area (Å²) in [6.07, 6.45) is 0.474. The lowest BCUT2D eigenvalue weighted by atomic mass is 9.67. The number of aromatic nitrogens is 3. The first-order valence-corrected chi connectivity index (χ1v) is 11.3. The van der Waals surface area contributed by atoms with E-state index < -0.39 is 36.0 Å². The van der Waals surface area contributed by atoms with E-state index in [-0.39, 0.29) is 38.4 Å². The van der Waals surface area contributed by atoms with Crippen molar-refractivity contribution in [1.29, 1.82) is 0 Å². The summed E-state index contributed by atoms with van der Waals surface area (Å²) in [4.78, 5) is 32.1. The number of halogens is 2. The number of H-pyrrole nitrogens is 1. The van der Waals surface area contributed by atoms with Crippen LogP contribution in [0.5, 0.6) is 5.75 Å². The minimum Gasteiger partial charge on any atom is -0.497 e. The molecule has 35 heavy (non-hydrogen) atoms. The second kappa shape index (κ2) is 9.95. The molecule has 0 bridgehead atoms. The Morgan fingerprint density at radius 2 is 1.86 bits per heavy atom. The van der Waals surface area contributed by atoms with E-state index >= 15 is 0 Å². The van der Waals surface area contributed by atoms with Crippen LogP contribution in [0.3, 0.4) is 0 Å². The smallest absolute Gasteiger partial charge is 0.248 e. The van der Waals surface area contributed by atoms with E-state index in [4.69, 9.17) is 4.74 Å². The van der Waals surface area contributed by atoms with Crippen molar-refractivity contribution in [2.45, 2.75) is 37.0 Å². The normalized spacial score (nSPS) is 16.6. The van der Waals surface area contributed by atoms with E-state index in [1.54, 1.807) is 36.4 Å². The van der Waals surface area contributed by atoms with Gasteiger partial charge in [0.1, 0.15) is 23.6 Å². The Balaban J connectivity index is 1.57. The van der Waals surface area contributed by atoms with Gasteiger partial charge < -0.3 is 20.1 Å². The lowest BCUT2D eigenvalue weighted by Gasteiger charge is -2.42. The number of anilines is 1. The van der Waals surface area contributed by atoms with Gasteiger partial charge in [0, 0.05) is 19.4 Å². The second-order valence-corrected chi connectivity index (χ2v) is 8.66. The van der Waals surface area contributed by atoms with E-state index in [1.165, 1.54) is 18.2 Å². The van der Waals surface area contributed by atoms with E-state index in [0.29, 0.717) is 22.3 Å². The monoisotopic (exact) mass is 487 g/mol. The number of hydrogen-bond donors (Lipinski definition) is 3. The highest BCUT2D eigenvalue weighted by atomic mass is 19.3. The lowest BCUT2D eigenvalue weighted by Crippen LogP contribution is -2.52. The van der Waals surface area contributed by atoms with Crippen molar-refractivity contribution < 1.29 is 28.2 Å². The molecule has 0 spiro atoms. The molecule has 1 fully saturated rings. The van der Waals surface area contributed by atoms with Gasteiger partial charge >= 0.3 is 0 Å². The topological polar surface area (TPSA) is 120 Å². The van der Waals surface area contributed by atoms with Gasteiger partial charge in [-0.3, -0.25) is 14.7 Å². The zero-order valence-corrected chi connectivity index (χ0v) is 19.3. The van der Waals surface area contributed by atoms with Gasteiger partial charge in [-0.1, -0.05) is 12.1 Å². The van der Waals surface area contributed by atoms with Gasteiger partial charge in [-0.25, -0.2) is 13.8 Å². The van der Waals surface area contributed by atoms with Crippen LogP contribution in [0.4, 0.5) is 14.6 Å². The molecular formula is C24H27F2N5O4. The summed E-state index contributed by atoms with van der Waals surface area (Å²) >= 11 is 0. The van der Waals surface area contributed by atoms with E-state index in [0.717, 1.165) is 0 Å². The number of rotatable bonds is 8. The predicted molar refractivity (Wildman–Crippen MR) is 124 cm³/mol. The van der Waals surface area contributed by atoms with Gasteiger partial charge in [0.25, 0.3) is 0 Å². The third kappa shape index (κ3) is 5.24. The molecule has 2 aromatic heterocycles. The van der Waals surface area contributed by atoms with Gasteiger partial charge in [0.05, 0.1) is 30.8 Å². The number of ether oxygens (including phenoxy) is 1. The van der Waals surface area contributed by atoms with Crippen molar-refractivity contribution in [1.82, 2.24) is 20.1 Å². The highest BCUT2D eigenvalue weighted by Gasteiger charge is 2.50. The third-order valence-electron chi connectivity index (χ3n) is 6.44. The fraction of sp³-hybridized carbons (Fsp3) is 0.417. The van der Waals surface area contributed by atoms with Crippen molar-refractivity contribution >= 4 is 28.7 Å². The number of methoxy groups -OCH3 is 1. The van der Waals surface area contributed by atoms with Crippen molar-refractivity contribution in [2.75, 3.05) is 32.1 Å². The van der Waals surface area contributed by atoms with E-state index in [2.05, 4.69) is 20.5 Å². The number of pyridine rings is 1. The Hall–Kier alpha value is -3.60. The highest BCUT2D eigenvalue weighted by molar-refractivity contribution is 5.97. The van der Waals surface area contributed by atoms with Gasteiger partial charge in [0.2, 0.25) is 17.7 Å². The molecule has 2 heterocycles. The molecule has 11 heteroatoms. The van der Waals surface area contributed by atoms with Gasteiger partial charge in [0.15, 0.2) is 0 Å². The van der Waals surface area contributed by atoms with Gasteiger partial charge in [-0.2, -0.15) is 5.10 Å². The molecule has 3 aromatic rings. The number of nitrogens with zero attached hydrogens (tertiary/aromatic N) is 3. The summed E-state index contributed by atoms with van der Waals surface area (Å²) in [5.74, 6) is -2.99. The zero-order chi connectivity index (χ0) is 25.1. The molecule has 0 radical (unpaired) electrons. The molecule has 1 aliphatic carbocycles. The molecule has 1 aromatic carbocycles. The molecule has 0 aliphatic heterocycles. The number of hydrogen-bond acceptors (Lipinski definition) is 6. The van der Waals surface area contributed by atoms with E-state index in [9.17, 15) is 23.5 Å². The predicted octanol–water partition coefficient (Wildman–Crippen LogP) is 2.87. The Morgan fingerprint density at radius 1 is 1.14 bits per heavy atom. The molecule has 2 amide bonds. The third-order valence-corrected chi connectivity index (χ3v) is 6.44. The first-order valence-electron chi connectivity index (χ1n) is 11.3. The number of aliphatic hydroxyl groups is 1. The Labute approximate surface area is 200 Å². The van der Waals surface area contributed by atoms with Crippen molar-refractivity contribution in [3.05, 3.63) is 48.2 Å². The Morgan fingerprint density at radius 3 is 2.51 bits per heavy atom. The molecule has 0 atom stereocenters. The maximum absolute atomic E-state index is 14.1. The number of carbonyl (C=O) groups is 2. The zero-order valence-electron chi connectivity index (χ0n) is 19.3. The number of amides is 2. The van der Waals surface area contributed by atoms with Crippen LogP contribution in [0.2, 0.25) is 0 Å². The standard InChI is InChI=1S/C24H27F2N5O4/c1-35-17-4-2-16(3-5-17)23(8-10-24(25,26)11-9-23)22(34)31(12-13-32)15-21(33)29-20-7-6-18-19(28-20)14-27-30-18/h2-7,14,32H,8-13,15H2,1H3,(H,27,30)(H,28,29,33). The molecular weight excluding hydrogens is 460 g/mol. The first kappa shape index (κ1) is 24.5. The van der Waals surface area contributed by atoms with Crippen LogP contribution in [0.15, 0.2) is 42.6 Å². The molecule has 186 valence electrons. The van der Waals surface area contributed by atoms with Gasteiger partial charge in [-0.15, -0.1) is 0 Å². The van der Waals surface area contributed by atoms with Crippen molar-refractivity contribution in [3.63, 3.8) is 0 Å². The maximum Gasteiger partial charge on any atom is 0.248 e. The first-order chi connectivity index (χ1) is 16.8. The number of carbonyl (C=O) groups excluding carboxylic acids is 2. The fourth-order valence-electron chi connectivity index (χ4n) is 4.51. The average Bonchev–Trinajstić information content (AvgIpc) is 3.32. The Kier molecular flexibility index (Phi) is 6.97. The second-order valence-electron chi connectivity index (χ2n) is 8.66. The number of aromatic amines is 1. The van der Waals surface area contributed by atoms with Crippen molar-refractivity contribution in [2.24, 2.45) is 0 Å². The van der Waals surface area contributed by atoms with Crippen LogP contribution in [-0.4, -0.2) is 69.7 Å². The highest BCUT2D eigenvalue weighted by Crippen LogP contribution is 2.46. The summed E-state index contributed by atoms with van der Waals surface area (Å²) in [6.45, 7) is -0.860. The minimum absolute atomic E-state index is 0.0760.